The second-order valence-corrected chi connectivity index (χ2v) is 6.73. The molecule has 0 unspecified atom stereocenters. The summed E-state index contributed by atoms with van der Waals surface area (Å²) in [4.78, 5) is 6.59. The number of halogens is 1. The van der Waals surface area contributed by atoms with Crippen LogP contribution in [-0.4, -0.2) is 34.3 Å². The summed E-state index contributed by atoms with van der Waals surface area (Å²) in [5.74, 6) is 1.37. The maximum absolute atomic E-state index is 13.0. The first-order valence-electron chi connectivity index (χ1n) is 9.18. The van der Waals surface area contributed by atoms with Crippen molar-refractivity contribution < 1.29 is 4.39 Å². The standard InChI is InChI=1S/C21H19FN6/c22-17-4-2-16(3-5-17)19-6-7-20(27-26-19)25-18-9-11-28(12-10-18)21-8-1-15(13-23)14-24-21/h1-8,14,18H,9-12H2,(H,25,27). The number of benzene rings is 1. The number of hydrogen-bond donors (Lipinski definition) is 1. The molecule has 0 bridgehead atoms. The molecule has 2 aromatic heterocycles. The van der Waals surface area contributed by atoms with Gasteiger partial charge >= 0.3 is 0 Å². The quantitative estimate of drug-likeness (QED) is 0.751. The molecule has 0 aliphatic carbocycles. The van der Waals surface area contributed by atoms with Crippen LogP contribution in [0, 0.1) is 17.1 Å². The Labute approximate surface area is 162 Å². The molecule has 0 spiro atoms. The highest BCUT2D eigenvalue weighted by atomic mass is 19.1. The number of nitrogens with zero attached hydrogens (tertiary/aromatic N) is 5. The first-order valence-corrected chi connectivity index (χ1v) is 9.18. The molecule has 6 nitrogen and oxygen atoms in total. The summed E-state index contributed by atoms with van der Waals surface area (Å²) in [5, 5.41) is 20.8. The smallest absolute Gasteiger partial charge is 0.148 e. The Morgan fingerprint density at radius 3 is 2.39 bits per heavy atom. The van der Waals surface area contributed by atoms with E-state index in [1.165, 1.54) is 12.1 Å². The van der Waals surface area contributed by atoms with E-state index in [2.05, 4.69) is 31.5 Å². The van der Waals surface area contributed by atoms with Gasteiger partial charge in [0.25, 0.3) is 0 Å². The van der Waals surface area contributed by atoms with Gasteiger partial charge in [-0.2, -0.15) is 5.26 Å². The number of rotatable bonds is 4. The number of nitriles is 1. The third-order valence-electron chi connectivity index (χ3n) is 4.85. The number of nitrogens with one attached hydrogen (secondary N) is 1. The van der Waals surface area contributed by atoms with Crippen molar-refractivity contribution in [2.24, 2.45) is 0 Å². The zero-order valence-corrected chi connectivity index (χ0v) is 15.2. The zero-order valence-electron chi connectivity index (χ0n) is 15.2. The van der Waals surface area contributed by atoms with Gasteiger partial charge in [-0.1, -0.05) is 0 Å². The molecule has 7 heteroatoms. The van der Waals surface area contributed by atoms with Crippen LogP contribution in [0.2, 0.25) is 0 Å². The molecule has 1 aliphatic heterocycles. The fourth-order valence-electron chi connectivity index (χ4n) is 3.29. The topological polar surface area (TPSA) is 77.7 Å². The van der Waals surface area contributed by atoms with Crippen LogP contribution < -0.4 is 10.2 Å². The Morgan fingerprint density at radius 1 is 1.00 bits per heavy atom. The maximum Gasteiger partial charge on any atom is 0.148 e. The van der Waals surface area contributed by atoms with E-state index < -0.39 is 0 Å². The lowest BCUT2D eigenvalue weighted by atomic mass is 10.0. The van der Waals surface area contributed by atoms with Crippen molar-refractivity contribution in [2.75, 3.05) is 23.3 Å². The van der Waals surface area contributed by atoms with E-state index in [1.807, 2.05) is 18.2 Å². The van der Waals surface area contributed by atoms with Crippen molar-refractivity contribution in [2.45, 2.75) is 18.9 Å². The molecule has 0 saturated carbocycles. The van der Waals surface area contributed by atoms with Crippen molar-refractivity contribution in [3.05, 3.63) is 66.1 Å². The SMILES string of the molecule is N#Cc1ccc(N2CCC(Nc3ccc(-c4ccc(F)cc4)nn3)CC2)nc1. The van der Waals surface area contributed by atoms with Crippen LogP contribution in [0.15, 0.2) is 54.7 Å². The average Bonchev–Trinajstić information content (AvgIpc) is 2.76. The summed E-state index contributed by atoms with van der Waals surface area (Å²) in [5.41, 5.74) is 2.12. The molecule has 1 fully saturated rings. The van der Waals surface area contributed by atoms with Crippen LogP contribution in [-0.2, 0) is 0 Å². The Balaban J connectivity index is 1.33. The first-order chi connectivity index (χ1) is 13.7. The molecule has 1 aliphatic rings. The molecule has 1 N–H and O–H groups in total. The predicted molar refractivity (Wildman–Crippen MR) is 105 cm³/mol. The van der Waals surface area contributed by atoms with Crippen LogP contribution in [0.1, 0.15) is 18.4 Å². The van der Waals surface area contributed by atoms with Gasteiger partial charge in [-0.15, -0.1) is 10.2 Å². The van der Waals surface area contributed by atoms with Gasteiger partial charge < -0.3 is 10.2 Å². The van der Waals surface area contributed by atoms with Crippen molar-refractivity contribution >= 4 is 11.6 Å². The molecular formula is C21H19FN6. The third kappa shape index (κ3) is 4.07. The van der Waals surface area contributed by atoms with Gasteiger partial charge in [0.2, 0.25) is 0 Å². The van der Waals surface area contributed by atoms with Crippen LogP contribution in [0.4, 0.5) is 16.0 Å². The van der Waals surface area contributed by atoms with Crippen LogP contribution in [0.25, 0.3) is 11.3 Å². The number of hydrogen-bond acceptors (Lipinski definition) is 6. The summed E-state index contributed by atoms with van der Waals surface area (Å²) < 4.78 is 13.0. The Morgan fingerprint density at radius 2 is 1.79 bits per heavy atom. The van der Waals surface area contributed by atoms with Crippen molar-refractivity contribution in [3.8, 4) is 17.3 Å². The summed E-state index contributed by atoms with van der Waals surface area (Å²) in [7, 11) is 0. The molecule has 28 heavy (non-hydrogen) atoms. The minimum Gasteiger partial charge on any atom is -0.366 e. The first kappa shape index (κ1) is 17.9. The van der Waals surface area contributed by atoms with Crippen molar-refractivity contribution in [1.82, 2.24) is 15.2 Å². The molecule has 1 saturated heterocycles. The van der Waals surface area contributed by atoms with E-state index in [-0.39, 0.29) is 5.82 Å². The van der Waals surface area contributed by atoms with E-state index >= 15 is 0 Å². The molecule has 3 aromatic rings. The molecule has 0 atom stereocenters. The van der Waals surface area contributed by atoms with E-state index in [0.29, 0.717) is 17.3 Å². The average molecular weight is 374 g/mol. The van der Waals surface area contributed by atoms with Gasteiger partial charge in [0.1, 0.15) is 23.5 Å². The molecule has 3 heterocycles. The normalized spacial score (nSPS) is 14.5. The number of anilines is 2. The zero-order chi connectivity index (χ0) is 19.3. The Bertz CT molecular complexity index is 956. The van der Waals surface area contributed by atoms with E-state index in [9.17, 15) is 4.39 Å². The number of piperidine rings is 1. The highest BCUT2D eigenvalue weighted by Crippen LogP contribution is 2.21. The molecule has 0 amide bonds. The van der Waals surface area contributed by atoms with Gasteiger partial charge in [-0.3, -0.25) is 0 Å². The van der Waals surface area contributed by atoms with Gasteiger partial charge in [0, 0.05) is 30.9 Å². The van der Waals surface area contributed by atoms with E-state index in [0.717, 1.165) is 43.1 Å². The molecule has 140 valence electrons. The lowest BCUT2D eigenvalue weighted by molar-refractivity contribution is 0.522. The van der Waals surface area contributed by atoms with Gasteiger partial charge in [-0.05, 0) is 61.4 Å². The summed E-state index contributed by atoms with van der Waals surface area (Å²) in [6.07, 6.45) is 3.53. The van der Waals surface area contributed by atoms with E-state index in [1.54, 1.807) is 24.4 Å². The summed E-state index contributed by atoms with van der Waals surface area (Å²) >= 11 is 0. The van der Waals surface area contributed by atoms with Crippen LogP contribution >= 0.6 is 0 Å². The lowest BCUT2D eigenvalue weighted by Crippen LogP contribution is -2.39. The maximum atomic E-state index is 13.0. The Kier molecular flexibility index (Phi) is 5.11. The van der Waals surface area contributed by atoms with Crippen molar-refractivity contribution in [1.29, 1.82) is 5.26 Å². The lowest BCUT2D eigenvalue weighted by Gasteiger charge is -2.33. The number of pyridine rings is 1. The fraction of sp³-hybridized carbons (Fsp3) is 0.238. The van der Waals surface area contributed by atoms with Gasteiger partial charge in [0.05, 0.1) is 11.3 Å². The molecular weight excluding hydrogens is 355 g/mol. The molecule has 0 radical (unpaired) electrons. The van der Waals surface area contributed by atoms with Crippen LogP contribution in [0.3, 0.4) is 0 Å². The second-order valence-electron chi connectivity index (χ2n) is 6.73. The Hall–Kier alpha value is -3.53. The summed E-state index contributed by atoms with van der Waals surface area (Å²) in [6, 6.07) is 16.1. The minimum atomic E-state index is -0.266. The number of aromatic nitrogens is 3. The summed E-state index contributed by atoms with van der Waals surface area (Å²) in [6.45, 7) is 1.77. The van der Waals surface area contributed by atoms with Gasteiger partial charge in [0.15, 0.2) is 0 Å². The van der Waals surface area contributed by atoms with Gasteiger partial charge in [-0.25, -0.2) is 9.37 Å². The highest BCUT2D eigenvalue weighted by molar-refractivity contribution is 5.59. The third-order valence-corrected chi connectivity index (χ3v) is 4.85. The monoisotopic (exact) mass is 374 g/mol. The molecule has 1 aromatic carbocycles. The van der Waals surface area contributed by atoms with E-state index in [4.69, 9.17) is 5.26 Å². The molecule has 4 rings (SSSR count). The van der Waals surface area contributed by atoms with Crippen molar-refractivity contribution in [3.63, 3.8) is 0 Å². The second kappa shape index (κ2) is 8.01. The predicted octanol–water partition coefficient (Wildman–Crippen LogP) is 3.63. The van der Waals surface area contributed by atoms with Crippen LogP contribution in [0.5, 0.6) is 0 Å². The highest BCUT2D eigenvalue weighted by Gasteiger charge is 2.20. The largest absolute Gasteiger partial charge is 0.366 e. The fourth-order valence-corrected chi connectivity index (χ4v) is 3.29. The minimum absolute atomic E-state index is 0.266.